The molecule has 25 heavy (non-hydrogen) atoms. The first kappa shape index (κ1) is 17.2. The molecule has 0 aliphatic heterocycles. The summed E-state index contributed by atoms with van der Waals surface area (Å²) in [6.07, 6.45) is 1.91. The maximum atomic E-state index is 12.8. The number of halogens is 2. The molecule has 0 aromatic heterocycles. The molecule has 2 aromatic rings. The number of alkyl halides is 2. The first-order chi connectivity index (χ1) is 12.1. The predicted octanol–water partition coefficient (Wildman–Crippen LogP) is 4.10. The molecule has 6 heteroatoms. The smallest absolute Gasteiger partial charge is 0.387 e. The lowest BCUT2D eigenvalue weighted by Gasteiger charge is -2.23. The highest BCUT2D eigenvalue weighted by molar-refractivity contribution is 5.95. The van der Waals surface area contributed by atoms with E-state index in [2.05, 4.69) is 4.74 Å². The predicted molar refractivity (Wildman–Crippen MR) is 89.0 cm³/mol. The van der Waals surface area contributed by atoms with Gasteiger partial charge in [-0.25, -0.2) is 0 Å². The summed E-state index contributed by atoms with van der Waals surface area (Å²) < 4.78 is 34.3. The van der Waals surface area contributed by atoms with Crippen molar-refractivity contribution in [3.8, 4) is 11.5 Å². The number of hydrogen-bond donors (Lipinski definition) is 0. The van der Waals surface area contributed by atoms with Crippen molar-refractivity contribution in [2.24, 2.45) is 0 Å². The molecule has 3 rings (SSSR count). The molecule has 0 saturated heterocycles. The number of ether oxygens (including phenoxy) is 2. The van der Waals surface area contributed by atoms with Gasteiger partial charge >= 0.3 is 6.61 Å². The molecule has 1 amide bonds. The fourth-order valence-corrected chi connectivity index (χ4v) is 2.65. The summed E-state index contributed by atoms with van der Waals surface area (Å²) in [5.41, 5.74) is 1.33. The van der Waals surface area contributed by atoms with Gasteiger partial charge in [-0.2, -0.15) is 8.78 Å². The zero-order valence-corrected chi connectivity index (χ0v) is 13.8. The van der Waals surface area contributed by atoms with E-state index in [1.165, 1.54) is 12.1 Å². The Balaban J connectivity index is 1.77. The van der Waals surface area contributed by atoms with Gasteiger partial charge in [-0.05, 0) is 48.7 Å². The van der Waals surface area contributed by atoms with Crippen LogP contribution in [0.5, 0.6) is 11.5 Å². The fourth-order valence-electron chi connectivity index (χ4n) is 2.65. The summed E-state index contributed by atoms with van der Waals surface area (Å²) in [6, 6.07) is 13.6. The van der Waals surface area contributed by atoms with Crippen molar-refractivity contribution in [1.29, 1.82) is 0 Å². The number of benzene rings is 2. The van der Waals surface area contributed by atoms with E-state index in [-0.39, 0.29) is 17.7 Å². The van der Waals surface area contributed by atoms with Gasteiger partial charge in [0.2, 0.25) is 0 Å². The molecular weight excluding hydrogens is 328 g/mol. The van der Waals surface area contributed by atoms with Crippen molar-refractivity contribution < 1.29 is 23.0 Å². The lowest BCUT2D eigenvalue weighted by Crippen LogP contribution is -2.32. The minimum absolute atomic E-state index is 0.0129. The highest BCUT2D eigenvalue weighted by atomic mass is 19.3. The highest BCUT2D eigenvalue weighted by Crippen LogP contribution is 2.30. The Labute approximate surface area is 145 Å². The van der Waals surface area contributed by atoms with Gasteiger partial charge in [-0.3, -0.25) is 4.79 Å². The van der Waals surface area contributed by atoms with Crippen molar-refractivity contribution in [1.82, 2.24) is 4.90 Å². The van der Waals surface area contributed by atoms with Crippen molar-refractivity contribution >= 4 is 5.91 Å². The van der Waals surface area contributed by atoms with Gasteiger partial charge in [0.15, 0.2) is 0 Å². The Hall–Kier alpha value is -2.63. The van der Waals surface area contributed by atoms with Crippen LogP contribution < -0.4 is 9.47 Å². The summed E-state index contributed by atoms with van der Waals surface area (Å²) >= 11 is 0. The second-order valence-corrected chi connectivity index (χ2v) is 5.92. The first-order valence-corrected chi connectivity index (χ1v) is 8.05. The molecule has 132 valence electrons. The third kappa shape index (κ3) is 4.47. The van der Waals surface area contributed by atoms with Gasteiger partial charge in [-0.15, -0.1) is 0 Å². The van der Waals surface area contributed by atoms with Crippen LogP contribution in [0.25, 0.3) is 0 Å². The fraction of sp³-hybridized carbons (Fsp3) is 0.316. The highest BCUT2D eigenvalue weighted by Gasteiger charge is 2.33. The molecule has 0 bridgehead atoms. The second-order valence-electron chi connectivity index (χ2n) is 5.92. The number of hydrogen-bond acceptors (Lipinski definition) is 3. The van der Waals surface area contributed by atoms with Crippen LogP contribution in [0.2, 0.25) is 0 Å². The molecule has 2 aromatic carbocycles. The lowest BCUT2D eigenvalue weighted by molar-refractivity contribution is -0.0499. The third-order valence-corrected chi connectivity index (χ3v) is 4.07. The molecule has 1 saturated carbocycles. The van der Waals surface area contributed by atoms with E-state index >= 15 is 0 Å². The molecule has 0 atom stereocenters. The number of carbonyl (C=O) groups excluding carboxylic acids is 1. The second kappa shape index (κ2) is 7.51. The quantitative estimate of drug-likeness (QED) is 0.757. The van der Waals surface area contributed by atoms with E-state index in [1.807, 2.05) is 24.3 Å². The summed E-state index contributed by atoms with van der Waals surface area (Å²) in [5, 5.41) is 0. The number of carbonyl (C=O) groups is 1. The van der Waals surface area contributed by atoms with Crippen LogP contribution >= 0.6 is 0 Å². The van der Waals surface area contributed by atoms with Crippen LogP contribution in [0.3, 0.4) is 0 Å². The molecule has 1 aliphatic rings. The normalized spacial score (nSPS) is 13.6. The lowest BCUT2D eigenvalue weighted by atomic mass is 10.1. The van der Waals surface area contributed by atoms with Crippen LogP contribution in [0.1, 0.15) is 28.8 Å². The van der Waals surface area contributed by atoms with Gasteiger partial charge in [0.05, 0.1) is 7.11 Å². The standard InChI is InChI=1S/C19H19F2NO3/c1-24-16-9-5-13(6-10-16)12-22(15-7-8-15)18(23)14-3-2-4-17(11-14)25-19(20)21/h2-6,9-11,15,19H,7-8,12H2,1H3. The Morgan fingerprint density at radius 3 is 2.48 bits per heavy atom. The van der Waals surface area contributed by atoms with Gasteiger partial charge in [0, 0.05) is 18.2 Å². The van der Waals surface area contributed by atoms with Gasteiger partial charge < -0.3 is 14.4 Å². The summed E-state index contributed by atoms with van der Waals surface area (Å²) in [6.45, 7) is -2.45. The molecular formula is C19H19F2NO3. The zero-order valence-electron chi connectivity index (χ0n) is 13.8. The molecule has 1 fully saturated rings. The number of nitrogens with zero attached hydrogens (tertiary/aromatic N) is 1. The van der Waals surface area contributed by atoms with Crippen LogP contribution in [0.15, 0.2) is 48.5 Å². The maximum Gasteiger partial charge on any atom is 0.387 e. The maximum absolute atomic E-state index is 12.8. The van der Waals surface area contributed by atoms with Crippen molar-refractivity contribution in [3.05, 3.63) is 59.7 Å². The Morgan fingerprint density at radius 2 is 1.88 bits per heavy atom. The minimum Gasteiger partial charge on any atom is -0.497 e. The Kier molecular flexibility index (Phi) is 5.16. The van der Waals surface area contributed by atoms with E-state index in [1.54, 1.807) is 24.1 Å². The monoisotopic (exact) mass is 347 g/mol. The molecule has 0 heterocycles. The molecule has 0 radical (unpaired) electrons. The zero-order chi connectivity index (χ0) is 17.8. The molecule has 0 N–H and O–H groups in total. The molecule has 0 unspecified atom stereocenters. The van der Waals surface area contributed by atoms with Gasteiger partial charge in [0.25, 0.3) is 5.91 Å². The van der Waals surface area contributed by atoms with E-state index in [0.29, 0.717) is 12.1 Å². The average molecular weight is 347 g/mol. The van der Waals surface area contributed by atoms with Crippen LogP contribution in [0, 0.1) is 0 Å². The summed E-state index contributed by atoms with van der Waals surface area (Å²) in [7, 11) is 1.60. The van der Waals surface area contributed by atoms with Crippen LogP contribution in [-0.2, 0) is 6.54 Å². The van der Waals surface area contributed by atoms with E-state index in [4.69, 9.17) is 4.74 Å². The molecule has 1 aliphatic carbocycles. The first-order valence-electron chi connectivity index (χ1n) is 8.05. The van der Waals surface area contributed by atoms with Gasteiger partial charge in [-0.1, -0.05) is 18.2 Å². The van der Waals surface area contributed by atoms with Crippen molar-refractivity contribution in [2.45, 2.75) is 32.0 Å². The third-order valence-electron chi connectivity index (χ3n) is 4.07. The van der Waals surface area contributed by atoms with E-state index in [0.717, 1.165) is 24.2 Å². The number of methoxy groups -OCH3 is 1. The minimum atomic E-state index is -2.91. The van der Waals surface area contributed by atoms with Gasteiger partial charge in [0.1, 0.15) is 11.5 Å². The van der Waals surface area contributed by atoms with E-state index in [9.17, 15) is 13.6 Å². The topological polar surface area (TPSA) is 38.8 Å². The average Bonchev–Trinajstić information content (AvgIpc) is 3.44. The summed E-state index contributed by atoms with van der Waals surface area (Å²) in [5.74, 6) is 0.559. The number of amides is 1. The van der Waals surface area contributed by atoms with Crippen molar-refractivity contribution in [2.75, 3.05) is 7.11 Å². The van der Waals surface area contributed by atoms with E-state index < -0.39 is 6.61 Å². The van der Waals surface area contributed by atoms with Crippen LogP contribution in [0.4, 0.5) is 8.78 Å². The Morgan fingerprint density at radius 1 is 1.16 bits per heavy atom. The molecule has 4 nitrogen and oxygen atoms in total. The SMILES string of the molecule is COc1ccc(CN(C(=O)c2cccc(OC(F)F)c2)C2CC2)cc1. The largest absolute Gasteiger partial charge is 0.497 e. The van der Waals surface area contributed by atoms with Crippen molar-refractivity contribution in [3.63, 3.8) is 0 Å². The Bertz CT molecular complexity index is 730. The summed E-state index contributed by atoms with van der Waals surface area (Å²) in [4.78, 5) is 14.6. The molecule has 0 spiro atoms. The number of rotatable bonds is 7. The van der Waals surface area contributed by atoms with Crippen LogP contribution in [-0.4, -0.2) is 30.6 Å².